The smallest absolute Gasteiger partial charge is 0.319 e. The molecule has 18 heavy (non-hydrogen) atoms. The maximum Gasteiger partial charge on any atom is 0.319 e. The minimum absolute atomic E-state index is 0.208. The van der Waals surface area contributed by atoms with Crippen LogP contribution < -0.4 is 0 Å². The maximum atomic E-state index is 12.2. The summed E-state index contributed by atoms with van der Waals surface area (Å²) >= 11 is 0. The highest BCUT2D eigenvalue weighted by Crippen LogP contribution is 2.27. The lowest BCUT2D eigenvalue weighted by Crippen LogP contribution is -2.44. The summed E-state index contributed by atoms with van der Waals surface area (Å²) in [5.74, 6) is -2.12. The first-order valence-electron chi connectivity index (χ1n) is 6.20. The molecule has 0 fully saturated rings. The highest BCUT2D eigenvalue weighted by Gasteiger charge is 2.42. The lowest BCUT2D eigenvalue weighted by molar-refractivity contribution is -0.160. The monoisotopic (exact) mass is 260 g/mol. The van der Waals surface area contributed by atoms with Crippen LogP contribution in [0.15, 0.2) is 0 Å². The van der Waals surface area contributed by atoms with Gasteiger partial charge in [0, 0.05) is 18.4 Å². The molecule has 3 atom stereocenters. The van der Waals surface area contributed by atoms with Crippen molar-refractivity contribution >= 4 is 11.8 Å². The Labute approximate surface area is 108 Å². The molecule has 0 aliphatic heterocycles. The van der Waals surface area contributed by atoms with E-state index in [1.807, 2.05) is 0 Å². The second kappa shape index (κ2) is 6.85. The Hall–Kier alpha value is -0.940. The zero-order valence-electron chi connectivity index (χ0n) is 11.8. The van der Waals surface area contributed by atoms with Crippen LogP contribution in [-0.4, -0.2) is 41.3 Å². The van der Waals surface area contributed by atoms with E-state index in [1.165, 1.54) is 13.8 Å². The average molecular weight is 260 g/mol. The predicted octanol–water partition coefficient (Wildman–Crippen LogP) is 0.770. The first-order chi connectivity index (χ1) is 8.19. The highest BCUT2D eigenvalue weighted by molar-refractivity contribution is 6.04. The molecule has 0 heterocycles. The number of ether oxygens (including phenoxy) is 1. The Kier molecular flexibility index (Phi) is 6.49. The zero-order chi connectivity index (χ0) is 14.5. The molecule has 5 heteroatoms. The molecule has 2 N–H and O–H groups in total. The first kappa shape index (κ1) is 17.1. The molecule has 0 saturated carbocycles. The van der Waals surface area contributed by atoms with Gasteiger partial charge in [-0.3, -0.25) is 9.59 Å². The number of hydrogen-bond donors (Lipinski definition) is 2. The standard InChI is InChI=1S/C13H24O5/c1-6-18-12(17)13(4,5)11(16)9(3)10(15)8(2)7-14/h8-10,14-15H,6-7H2,1-5H3/t8-,9+,10-/m0/s1. The van der Waals surface area contributed by atoms with E-state index in [0.29, 0.717) is 0 Å². The first-order valence-corrected chi connectivity index (χ1v) is 6.20. The third kappa shape index (κ3) is 3.78. The zero-order valence-corrected chi connectivity index (χ0v) is 11.8. The van der Waals surface area contributed by atoms with E-state index < -0.39 is 29.3 Å². The van der Waals surface area contributed by atoms with Crippen molar-refractivity contribution < 1.29 is 24.5 Å². The van der Waals surface area contributed by atoms with Gasteiger partial charge in [0.05, 0.1) is 12.7 Å². The van der Waals surface area contributed by atoms with E-state index in [-0.39, 0.29) is 19.0 Å². The molecular formula is C13H24O5. The molecule has 0 amide bonds. The number of hydrogen-bond acceptors (Lipinski definition) is 5. The van der Waals surface area contributed by atoms with Crippen molar-refractivity contribution in [1.82, 2.24) is 0 Å². The summed E-state index contributed by atoms with van der Waals surface area (Å²) in [5, 5.41) is 18.9. The third-order valence-electron chi connectivity index (χ3n) is 3.20. The van der Waals surface area contributed by atoms with Crippen LogP contribution in [0.1, 0.15) is 34.6 Å². The van der Waals surface area contributed by atoms with E-state index in [9.17, 15) is 14.7 Å². The second-order valence-electron chi connectivity index (χ2n) is 5.15. The van der Waals surface area contributed by atoms with Gasteiger partial charge in [0.15, 0.2) is 5.78 Å². The lowest BCUT2D eigenvalue weighted by atomic mass is 9.77. The SMILES string of the molecule is CCOC(=O)C(C)(C)C(=O)[C@H](C)[C@@H](O)[C@@H](C)CO. The number of rotatable bonds is 7. The fourth-order valence-corrected chi connectivity index (χ4v) is 1.74. The van der Waals surface area contributed by atoms with Crippen molar-refractivity contribution in [3.63, 3.8) is 0 Å². The van der Waals surface area contributed by atoms with E-state index in [2.05, 4.69) is 0 Å². The Bertz CT molecular complexity index is 298. The van der Waals surface area contributed by atoms with Gasteiger partial charge in [-0.2, -0.15) is 0 Å². The molecule has 0 aliphatic rings. The summed E-state index contributed by atoms with van der Waals surface area (Å²) in [4.78, 5) is 23.9. The van der Waals surface area contributed by atoms with Crippen LogP contribution in [0, 0.1) is 17.3 Å². The van der Waals surface area contributed by atoms with Crippen molar-refractivity contribution in [3.8, 4) is 0 Å². The molecule has 0 aromatic carbocycles. The quantitative estimate of drug-likeness (QED) is 0.522. The van der Waals surface area contributed by atoms with Crippen LogP contribution in [0.2, 0.25) is 0 Å². The minimum atomic E-state index is -1.29. The molecule has 0 unspecified atom stereocenters. The van der Waals surface area contributed by atoms with Crippen LogP contribution >= 0.6 is 0 Å². The number of ketones is 1. The molecule has 0 radical (unpaired) electrons. The normalized spacial score (nSPS) is 16.8. The van der Waals surface area contributed by atoms with Crippen LogP contribution in [0.25, 0.3) is 0 Å². The van der Waals surface area contributed by atoms with Gasteiger partial charge < -0.3 is 14.9 Å². The Balaban J connectivity index is 4.87. The molecule has 0 aromatic rings. The molecular weight excluding hydrogens is 236 g/mol. The van der Waals surface area contributed by atoms with Gasteiger partial charge in [0.1, 0.15) is 5.41 Å². The number of aliphatic hydroxyl groups is 2. The predicted molar refractivity (Wildman–Crippen MR) is 66.8 cm³/mol. The van der Waals surface area contributed by atoms with Gasteiger partial charge in [-0.05, 0) is 20.8 Å². The Morgan fingerprint density at radius 3 is 2.17 bits per heavy atom. The molecule has 0 aromatic heterocycles. The van der Waals surface area contributed by atoms with Gasteiger partial charge in [0.25, 0.3) is 0 Å². The van der Waals surface area contributed by atoms with Crippen LogP contribution in [0.3, 0.4) is 0 Å². The fourth-order valence-electron chi connectivity index (χ4n) is 1.74. The number of carbonyl (C=O) groups is 2. The topological polar surface area (TPSA) is 83.8 Å². The van der Waals surface area contributed by atoms with Gasteiger partial charge in [-0.1, -0.05) is 13.8 Å². The summed E-state index contributed by atoms with van der Waals surface area (Å²) in [6.45, 7) is 7.84. The molecule has 0 rings (SSSR count). The molecule has 5 nitrogen and oxygen atoms in total. The number of carbonyl (C=O) groups excluding carboxylic acids is 2. The lowest BCUT2D eigenvalue weighted by Gasteiger charge is -2.29. The van der Waals surface area contributed by atoms with Crippen LogP contribution in [0.4, 0.5) is 0 Å². The van der Waals surface area contributed by atoms with E-state index in [4.69, 9.17) is 9.84 Å². The van der Waals surface area contributed by atoms with Crippen molar-refractivity contribution in [2.24, 2.45) is 17.3 Å². The minimum Gasteiger partial charge on any atom is -0.465 e. The number of aliphatic hydroxyl groups excluding tert-OH is 2. The molecule has 0 spiro atoms. The summed E-state index contributed by atoms with van der Waals surface area (Å²) in [6, 6.07) is 0. The molecule has 0 aliphatic carbocycles. The molecule has 0 saturated heterocycles. The fraction of sp³-hybridized carbons (Fsp3) is 0.846. The van der Waals surface area contributed by atoms with Gasteiger partial charge in [-0.15, -0.1) is 0 Å². The summed E-state index contributed by atoms with van der Waals surface area (Å²) in [5.41, 5.74) is -1.29. The van der Waals surface area contributed by atoms with Crippen molar-refractivity contribution in [3.05, 3.63) is 0 Å². The van der Waals surface area contributed by atoms with Crippen molar-refractivity contribution in [2.75, 3.05) is 13.2 Å². The highest BCUT2D eigenvalue weighted by atomic mass is 16.5. The summed E-state index contributed by atoms with van der Waals surface area (Å²) in [7, 11) is 0. The van der Waals surface area contributed by atoms with Crippen LogP contribution in [-0.2, 0) is 14.3 Å². The van der Waals surface area contributed by atoms with Crippen molar-refractivity contribution in [1.29, 1.82) is 0 Å². The Morgan fingerprint density at radius 1 is 1.28 bits per heavy atom. The van der Waals surface area contributed by atoms with E-state index in [0.717, 1.165) is 0 Å². The average Bonchev–Trinajstić information content (AvgIpc) is 2.35. The Morgan fingerprint density at radius 2 is 1.78 bits per heavy atom. The van der Waals surface area contributed by atoms with Crippen LogP contribution in [0.5, 0.6) is 0 Å². The van der Waals surface area contributed by atoms with E-state index in [1.54, 1.807) is 20.8 Å². The third-order valence-corrected chi connectivity index (χ3v) is 3.20. The largest absolute Gasteiger partial charge is 0.465 e. The van der Waals surface area contributed by atoms with Gasteiger partial charge >= 0.3 is 5.97 Å². The van der Waals surface area contributed by atoms with Crippen molar-refractivity contribution in [2.45, 2.75) is 40.7 Å². The number of esters is 1. The molecule has 106 valence electrons. The van der Waals surface area contributed by atoms with E-state index >= 15 is 0 Å². The van der Waals surface area contributed by atoms with Gasteiger partial charge in [0.2, 0.25) is 0 Å². The maximum absolute atomic E-state index is 12.2. The number of Topliss-reactive ketones (excluding diaryl/α,β-unsaturated/α-hetero) is 1. The van der Waals surface area contributed by atoms with Gasteiger partial charge in [-0.25, -0.2) is 0 Å². The molecule has 0 bridgehead atoms. The summed E-state index contributed by atoms with van der Waals surface area (Å²) in [6.07, 6.45) is -0.976. The second-order valence-corrected chi connectivity index (χ2v) is 5.15. The summed E-state index contributed by atoms with van der Waals surface area (Å²) < 4.78 is 4.85.